The molecular formula is C6H12B2I2. The van der Waals surface area contributed by atoms with Gasteiger partial charge in [-0.25, -0.2) is 0 Å². The molecule has 0 saturated heterocycles. The van der Waals surface area contributed by atoms with Crippen molar-refractivity contribution in [2.45, 2.75) is 10.8 Å². The van der Waals surface area contributed by atoms with E-state index in [1.165, 1.54) is 0 Å². The second kappa shape index (κ2) is 5.91. The van der Waals surface area contributed by atoms with Gasteiger partial charge in [-0.05, 0) is 0 Å². The van der Waals surface area contributed by atoms with Crippen LogP contribution in [0.2, 0.25) is 0 Å². The SMILES string of the molecule is [B]B(CI)I(C)C(C)C=C. The first-order valence-corrected chi connectivity index (χ1v) is 9.32. The Labute approximate surface area is 86.3 Å². The Hall–Kier alpha value is 1.33. The molecule has 2 radical (unpaired) electrons. The Morgan fingerprint density at radius 2 is 2.40 bits per heavy atom. The fourth-order valence-electron chi connectivity index (χ4n) is 0.488. The maximum absolute atomic E-state index is 5.91. The summed E-state index contributed by atoms with van der Waals surface area (Å²) in [6.45, 7) is 6.01. The van der Waals surface area contributed by atoms with E-state index in [9.17, 15) is 0 Å². The zero-order valence-electron chi connectivity index (χ0n) is 6.48. The first-order chi connectivity index (χ1) is 4.63. The van der Waals surface area contributed by atoms with Crippen LogP contribution in [0.25, 0.3) is 0 Å². The van der Waals surface area contributed by atoms with Crippen LogP contribution in [0.4, 0.5) is 0 Å². The number of alkyl halides is 3. The molecule has 0 rings (SSSR count). The molecule has 0 N–H and O–H groups in total. The van der Waals surface area contributed by atoms with Crippen molar-refractivity contribution in [3.8, 4) is 0 Å². The molecule has 0 spiro atoms. The Kier molecular flexibility index (Phi) is 6.70. The summed E-state index contributed by atoms with van der Waals surface area (Å²) in [4.78, 5) is 2.33. The van der Waals surface area contributed by atoms with Crippen molar-refractivity contribution < 1.29 is 0 Å². The summed E-state index contributed by atoms with van der Waals surface area (Å²) < 4.78 is 2.25. The number of rotatable bonds is 4. The van der Waals surface area contributed by atoms with Crippen molar-refractivity contribution in [2.75, 3.05) is 9.26 Å². The van der Waals surface area contributed by atoms with Gasteiger partial charge in [0.25, 0.3) is 0 Å². The molecule has 0 amide bonds. The predicted octanol–water partition coefficient (Wildman–Crippen LogP) is 2.33. The molecule has 0 saturated carbocycles. The molecule has 0 bridgehead atoms. The van der Waals surface area contributed by atoms with Crippen LogP contribution in [-0.2, 0) is 0 Å². The second-order valence-electron chi connectivity index (χ2n) is 2.15. The van der Waals surface area contributed by atoms with Crippen molar-refractivity contribution in [1.29, 1.82) is 0 Å². The summed E-state index contributed by atoms with van der Waals surface area (Å²) in [5, 5.41) is 0. The van der Waals surface area contributed by atoms with Gasteiger partial charge in [0.2, 0.25) is 0 Å². The fraction of sp³-hybridized carbons (Fsp3) is 0.667. The predicted molar refractivity (Wildman–Crippen MR) is 70.0 cm³/mol. The average Bonchev–Trinajstić information content (AvgIpc) is 2.00. The Morgan fingerprint density at radius 3 is 2.70 bits per heavy atom. The second-order valence-corrected chi connectivity index (χ2v) is 9.80. The molecule has 0 fully saturated rings. The van der Waals surface area contributed by atoms with E-state index < -0.39 is 19.6 Å². The van der Waals surface area contributed by atoms with Gasteiger partial charge in [0.05, 0.1) is 0 Å². The summed E-state index contributed by atoms with van der Waals surface area (Å²) in [7, 11) is 5.91. The van der Waals surface area contributed by atoms with E-state index in [4.69, 9.17) is 7.74 Å². The normalized spacial score (nSPS) is 14.1. The molecule has 10 heavy (non-hydrogen) atoms. The first-order valence-electron chi connectivity index (χ1n) is 3.14. The van der Waals surface area contributed by atoms with Crippen LogP contribution in [-0.4, -0.2) is 25.4 Å². The summed E-state index contributed by atoms with van der Waals surface area (Å²) in [6.07, 6.45) is 2.04. The molecule has 0 heterocycles. The van der Waals surface area contributed by atoms with Gasteiger partial charge in [-0.2, -0.15) is 0 Å². The quantitative estimate of drug-likeness (QED) is 0.313. The molecule has 0 aromatic heterocycles. The number of hydrogen-bond donors (Lipinski definition) is 0. The van der Waals surface area contributed by atoms with Crippen molar-refractivity contribution in [2.24, 2.45) is 0 Å². The Balaban J connectivity index is 3.80. The average molecular weight is 360 g/mol. The van der Waals surface area contributed by atoms with Crippen molar-refractivity contribution in [3.63, 3.8) is 0 Å². The van der Waals surface area contributed by atoms with Crippen molar-refractivity contribution in [3.05, 3.63) is 12.7 Å². The third-order valence-corrected chi connectivity index (χ3v) is 10.7. The zero-order chi connectivity index (χ0) is 8.15. The molecule has 1 unspecified atom stereocenters. The van der Waals surface area contributed by atoms with Gasteiger partial charge in [-0.1, -0.05) is 0 Å². The molecule has 0 nitrogen and oxygen atoms in total. The van der Waals surface area contributed by atoms with Crippen LogP contribution in [0.3, 0.4) is 0 Å². The molecule has 0 aromatic rings. The summed E-state index contributed by atoms with van der Waals surface area (Å²) in [6, 6.07) is 0. The summed E-state index contributed by atoms with van der Waals surface area (Å²) in [5.74, 6) is 0. The number of allylic oxidation sites excluding steroid dienone is 1. The van der Waals surface area contributed by atoms with E-state index in [2.05, 4.69) is 41.0 Å². The standard InChI is InChI=1S/C6H12B2I2/c1-4-6(2)10(3)8(7)5-9/h4,6H,1,5H2,2-3H3. The van der Waals surface area contributed by atoms with Gasteiger partial charge in [-0.3, -0.25) is 0 Å². The van der Waals surface area contributed by atoms with Crippen LogP contribution >= 0.6 is 42.2 Å². The van der Waals surface area contributed by atoms with Crippen molar-refractivity contribution >= 4 is 54.4 Å². The van der Waals surface area contributed by atoms with Gasteiger partial charge in [0.15, 0.2) is 0 Å². The van der Waals surface area contributed by atoms with Crippen LogP contribution in [0.1, 0.15) is 6.92 Å². The monoisotopic (exact) mass is 360 g/mol. The minimum absolute atomic E-state index is 0.470. The summed E-state index contributed by atoms with van der Waals surface area (Å²) in [5.41, 5.74) is 0. The molecule has 4 heteroatoms. The molecule has 1 atom stereocenters. The van der Waals surface area contributed by atoms with E-state index in [1.54, 1.807) is 0 Å². The van der Waals surface area contributed by atoms with Crippen LogP contribution < -0.4 is 0 Å². The van der Waals surface area contributed by atoms with E-state index in [0.717, 1.165) is 4.33 Å². The van der Waals surface area contributed by atoms with Crippen LogP contribution in [0.5, 0.6) is 0 Å². The number of halogens is 2. The summed E-state index contributed by atoms with van der Waals surface area (Å²) >= 11 is 1.46. The molecule has 56 valence electrons. The minimum atomic E-state index is -0.903. The molecular weight excluding hydrogens is 347 g/mol. The number of hydrogen-bond acceptors (Lipinski definition) is 0. The fourth-order valence-corrected chi connectivity index (χ4v) is 6.79. The van der Waals surface area contributed by atoms with Gasteiger partial charge < -0.3 is 0 Å². The van der Waals surface area contributed by atoms with E-state index in [-0.39, 0.29) is 0 Å². The van der Waals surface area contributed by atoms with Crippen LogP contribution in [0, 0.1) is 0 Å². The van der Waals surface area contributed by atoms with Gasteiger partial charge in [-0.15, -0.1) is 0 Å². The van der Waals surface area contributed by atoms with Crippen molar-refractivity contribution in [1.82, 2.24) is 0 Å². The molecule has 0 aliphatic heterocycles. The van der Waals surface area contributed by atoms with Crippen LogP contribution in [0.15, 0.2) is 12.7 Å². The molecule has 0 aromatic carbocycles. The van der Waals surface area contributed by atoms with E-state index in [0.29, 0.717) is 8.38 Å². The van der Waals surface area contributed by atoms with Gasteiger partial charge in [0, 0.05) is 0 Å². The third kappa shape index (κ3) is 3.64. The maximum atomic E-state index is 5.91. The van der Waals surface area contributed by atoms with E-state index in [1.807, 2.05) is 6.08 Å². The van der Waals surface area contributed by atoms with Gasteiger partial charge in [0.1, 0.15) is 0 Å². The Morgan fingerprint density at radius 1 is 1.90 bits per heavy atom. The third-order valence-electron chi connectivity index (χ3n) is 1.46. The topological polar surface area (TPSA) is 0 Å². The molecule has 0 aliphatic carbocycles. The Bertz CT molecular complexity index is 108. The van der Waals surface area contributed by atoms with Gasteiger partial charge >= 0.3 is 87.2 Å². The molecule has 0 aliphatic rings. The van der Waals surface area contributed by atoms with E-state index >= 15 is 0 Å². The zero-order valence-corrected chi connectivity index (χ0v) is 10.8. The first kappa shape index (κ1) is 11.3.